The van der Waals surface area contributed by atoms with Gasteiger partial charge in [0.25, 0.3) is 5.91 Å². The molecule has 1 N–H and O–H groups in total. The molecule has 1 amide bonds. The maximum absolute atomic E-state index is 12.2. The van der Waals surface area contributed by atoms with Crippen molar-refractivity contribution >= 4 is 17.6 Å². The van der Waals surface area contributed by atoms with Crippen molar-refractivity contribution in [1.29, 1.82) is 0 Å². The fourth-order valence-electron chi connectivity index (χ4n) is 1.96. The van der Waals surface area contributed by atoms with Crippen molar-refractivity contribution in [3.05, 3.63) is 24.3 Å². The highest BCUT2D eigenvalue weighted by molar-refractivity contribution is 6.03. The quantitative estimate of drug-likeness (QED) is 0.882. The van der Waals surface area contributed by atoms with E-state index in [1.807, 2.05) is 13.8 Å². The number of benzene rings is 1. The average Bonchev–Trinajstić information content (AvgIpc) is 2.31. The first-order valence-corrected chi connectivity index (χ1v) is 5.79. The monoisotopic (exact) mass is 249 g/mol. The molecule has 0 aromatic heterocycles. The molecule has 0 aliphatic carbocycles. The number of anilines is 1. The second kappa shape index (κ2) is 4.68. The zero-order valence-electron chi connectivity index (χ0n) is 10.3. The van der Waals surface area contributed by atoms with Gasteiger partial charge in [-0.25, -0.2) is 0 Å². The molecule has 0 spiro atoms. The van der Waals surface area contributed by atoms with Crippen LogP contribution in [0.2, 0.25) is 0 Å². The van der Waals surface area contributed by atoms with Crippen LogP contribution in [0.4, 0.5) is 5.69 Å². The smallest absolute Gasteiger partial charge is 0.323 e. The minimum absolute atomic E-state index is 0.0119. The normalized spacial score (nSPS) is 18.5. The Kier molecular flexibility index (Phi) is 3.23. The maximum Gasteiger partial charge on any atom is 0.323 e. The standard InChI is InChI=1S/C13H15NO4/c1-8(2)12-13(17)14(7-11(15)16)9-5-3-4-6-10(9)18-12/h3-6,8,12H,7H2,1-2H3,(H,15,16). The molecule has 0 bridgehead atoms. The van der Waals surface area contributed by atoms with Crippen molar-refractivity contribution in [3.8, 4) is 5.75 Å². The summed E-state index contributed by atoms with van der Waals surface area (Å²) in [5, 5.41) is 8.90. The lowest BCUT2D eigenvalue weighted by molar-refractivity contribution is -0.138. The van der Waals surface area contributed by atoms with E-state index >= 15 is 0 Å². The molecule has 0 saturated heterocycles. The van der Waals surface area contributed by atoms with Crippen LogP contribution in [0.3, 0.4) is 0 Å². The highest BCUT2D eigenvalue weighted by Crippen LogP contribution is 2.35. The van der Waals surface area contributed by atoms with E-state index in [-0.39, 0.29) is 18.4 Å². The minimum Gasteiger partial charge on any atom is -0.480 e. The van der Waals surface area contributed by atoms with Gasteiger partial charge in [-0.1, -0.05) is 26.0 Å². The fourth-order valence-corrected chi connectivity index (χ4v) is 1.96. The Labute approximate surface area is 105 Å². The van der Waals surface area contributed by atoms with Gasteiger partial charge in [-0.2, -0.15) is 0 Å². The zero-order valence-corrected chi connectivity index (χ0v) is 10.3. The van der Waals surface area contributed by atoms with Crippen LogP contribution in [-0.4, -0.2) is 29.6 Å². The Morgan fingerprint density at radius 2 is 2.11 bits per heavy atom. The summed E-state index contributed by atoms with van der Waals surface area (Å²) in [6.07, 6.45) is -0.626. The third-order valence-electron chi connectivity index (χ3n) is 2.82. The van der Waals surface area contributed by atoms with Crippen LogP contribution in [-0.2, 0) is 9.59 Å². The second-order valence-electron chi connectivity index (χ2n) is 4.57. The average molecular weight is 249 g/mol. The van der Waals surface area contributed by atoms with Crippen molar-refractivity contribution in [2.45, 2.75) is 20.0 Å². The van der Waals surface area contributed by atoms with Crippen molar-refractivity contribution in [2.24, 2.45) is 5.92 Å². The lowest BCUT2D eigenvalue weighted by atomic mass is 10.0. The van der Waals surface area contributed by atoms with Crippen LogP contribution >= 0.6 is 0 Å². The lowest BCUT2D eigenvalue weighted by Gasteiger charge is -2.35. The molecule has 1 aliphatic rings. The number of hydrogen-bond acceptors (Lipinski definition) is 3. The van der Waals surface area contributed by atoms with E-state index in [1.54, 1.807) is 24.3 Å². The van der Waals surface area contributed by atoms with E-state index in [4.69, 9.17) is 9.84 Å². The first-order chi connectivity index (χ1) is 8.50. The molecule has 0 fully saturated rings. The fraction of sp³-hybridized carbons (Fsp3) is 0.385. The van der Waals surface area contributed by atoms with Gasteiger partial charge in [-0.3, -0.25) is 14.5 Å². The highest BCUT2D eigenvalue weighted by atomic mass is 16.5. The molecule has 1 atom stereocenters. The van der Waals surface area contributed by atoms with Gasteiger partial charge in [0, 0.05) is 0 Å². The van der Waals surface area contributed by atoms with Gasteiger partial charge in [0.15, 0.2) is 6.10 Å². The van der Waals surface area contributed by atoms with Gasteiger partial charge in [0.2, 0.25) is 0 Å². The third kappa shape index (κ3) is 2.16. The molecule has 5 heteroatoms. The van der Waals surface area contributed by atoms with Crippen molar-refractivity contribution < 1.29 is 19.4 Å². The Morgan fingerprint density at radius 1 is 1.44 bits per heavy atom. The minimum atomic E-state index is -1.04. The molecule has 18 heavy (non-hydrogen) atoms. The molecule has 0 saturated carbocycles. The molecule has 1 heterocycles. The lowest BCUT2D eigenvalue weighted by Crippen LogP contribution is -2.50. The van der Waals surface area contributed by atoms with E-state index in [2.05, 4.69) is 0 Å². The van der Waals surface area contributed by atoms with E-state index in [9.17, 15) is 9.59 Å². The number of carboxylic acids is 1. The van der Waals surface area contributed by atoms with Gasteiger partial charge < -0.3 is 9.84 Å². The topological polar surface area (TPSA) is 66.8 Å². The number of fused-ring (bicyclic) bond motifs is 1. The summed E-state index contributed by atoms with van der Waals surface area (Å²) in [7, 11) is 0. The van der Waals surface area contributed by atoms with Crippen LogP contribution < -0.4 is 9.64 Å². The Morgan fingerprint density at radius 3 is 2.72 bits per heavy atom. The number of carbonyl (C=O) groups is 2. The van der Waals surface area contributed by atoms with Crippen molar-refractivity contribution in [3.63, 3.8) is 0 Å². The van der Waals surface area contributed by atoms with Crippen LogP contribution in [0.25, 0.3) is 0 Å². The summed E-state index contributed by atoms with van der Waals surface area (Å²) in [5.41, 5.74) is 0.516. The third-order valence-corrected chi connectivity index (χ3v) is 2.82. The number of carboxylic acid groups (broad SMARTS) is 1. The van der Waals surface area contributed by atoms with E-state index < -0.39 is 12.1 Å². The van der Waals surface area contributed by atoms with E-state index in [0.29, 0.717) is 11.4 Å². The molecular formula is C13H15NO4. The number of rotatable bonds is 3. The molecule has 0 radical (unpaired) electrons. The predicted molar refractivity (Wildman–Crippen MR) is 65.7 cm³/mol. The number of ether oxygens (including phenoxy) is 1. The van der Waals surface area contributed by atoms with Crippen molar-refractivity contribution in [2.75, 3.05) is 11.4 Å². The van der Waals surface area contributed by atoms with E-state index in [0.717, 1.165) is 0 Å². The van der Waals surface area contributed by atoms with E-state index in [1.165, 1.54) is 4.90 Å². The maximum atomic E-state index is 12.2. The summed E-state index contributed by atoms with van der Waals surface area (Å²) in [4.78, 5) is 24.3. The first-order valence-electron chi connectivity index (χ1n) is 5.79. The molecule has 1 aliphatic heterocycles. The van der Waals surface area contributed by atoms with Crippen LogP contribution in [0, 0.1) is 5.92 Å². The SMILES string of the molecule is CC(C)C1Oc2ccccc2N(CC(=O)O)C1=O. The largest absolute Gasteiger partial charge is 0.480 e. The summed E-state index contributed by atoms with van der Waals surface area (Å²) in [5.74, 6) is -0.798. The number of amides is 1. The van der Waals surface area contributed by atoms with Crippen molar-refractivity contribution in [1.82, 2.24) is 0 Å². The summed E-state index contributed by atoms with van der Waals surface area (Å²) < 4.78 is 5.63. The Bertz CT molecular complexity index is 484. The summed E-state index contributed by atoms with van der Waals surface area (Å²) >= 11 is 0. The zero-order chi connectivity index (χ0) is 13.3. The van der Waals surface area contributed by atoms with Crippen LogP contribution in [0.15, 0.2) is 24.3 Å². The summed E-state index contributed by atoms with van der Waals surface area (Å²) in [6.45, 7) is 3.40. The molecule has 96 valence electrons. The number of nitrogens with zero attached hydrogens (tertiary/aromatic N) is 1. The Hall–Kier alpha value is -2.04. The Balaban J connectivity index is 2.42. The molecule has 2 rings (SSSR count). The molecule has 1 aromatic rings. The number of para-hydroxylation sites is 2. The van der Waals surface area contributed by atoms with Gasteiger partial charge in [0.1, 0.15) is 12.3 Å². The first kappa shape index (κ1) is 12.4. The number of carbonyl (C=O) groups excluding carboxylic acids is 1. The number of aliphatic carboxylic acids is 1. The molecular weight excluding hydrogens is 234 g/mol. The van der Waals surface area contributed by atoms with Gasteiger partial charge in [-0.05, 0) is 18.1 Å². The highest BCUT2D eigenvalue weighted by Gasteiger charge is 2.36. The molecule has 5 nitrogen and oxygen atoms in total. The van der Waals surface area contributed by atoms with Crippen LogP contribution in [0.1, 0.15) is 13.8 Å². The number of hydrogen-bond donors (Lipinski definition) is 1. The predicted octanol–water partition coefficient (Wildman–Crippen LogP) is 1.52. The molecule has 1 unspecified atom stereocenters. The molecule has 1 aromatic carbocycles. The van der Waals surface area contributed by atoms with Crippen LogP contribution in [0.5, 0.6) is 5.75 Å². The van der Waals surface area contributed by atoms with Gasteiger partial charge in [-0.15, -0.1) is 0 Å². The second-order valence-corrected chi connectivity index (χ2v) is 4.57. The van der Waals surface area contributed by atoms with Gasteiger partial charge in [0.05, 0.1) is 5.69 Å². The summed E-state index contributed by atoms with van der Waals surface area (Å²) in [6, 6.07) is 6.98. The van der Waals surface area contributed by atoms with Gasteiger partial charge >= 0.3 is 5.97 Å².